The van der Waals surface area contributed by atoms with Crippen LogP contribution in [0.25, 0.3) is 52.8 Å². The number of thiophene rings is 1. The van der Waals surface area contributed by atoms with E-state index in [0.29, 0.717) is 0 Å². The van der Waals surface area contributed by atoms with Gasteiger partial charge in [-0.1, -0.05) is 109 Å². The molecule has 2 heteroatoms. The highest BCUT2D eigenvalue weighted by molar-refractivity contribution is 7.26. The van der Waals surface area contributed by atoms with Crippen LogP contribution >= 0.6 is 11.3 Å². The topological polar surface area (TPSA) is 3.24 Å². The van der Waals surface area contributed by atoms with E-state index in [1.54, 1.807) is 0 Å². The molecule has 0 radical (unpaired) electrons. The molecular weight excluding hydrogens is 502 g/mol. The van der Waals surface area contributed by atoms with Gasteiger partial charge < -0.3 is 4.90 Å². The Morgan fingerprint density at radius 1 is 0.425 bits per heavy atom. The fourth-order valence-corrected chi connectivity index (χ4v) is 7.05. The van der Waals surface area contributed by atoms with Gasteiger partial charge in [-0.05, 0) is 69.6 Å². The number of hydrogen-bond donors (Lipinski definition) is 0. The second-order valence-electron chi connectivity index (χ2n) is 10.2. The Bertz CT molecular complexity index is 2170. The minimum Gasteiger partial charge on any atom is -0.310 e. The molecule has 1 heterocycles. The summed E-state index contributed by atoms with van der Waals surface area (Å²) in [5.41, 5.74) is 5.87. The van der Waals surface area contributed by atoms with Crippen LogP contribution in [0.4, 0.5) is 17.1 Å². The maximum absolute atomic E-state index is 2.42. The highest BCUT2D eigenvalue weighted by Crippen LogP contribution is 2.45. The average molecular weight is 528 g/mol. The summed E-state index contributed by atoms with van der Waals surface area (Å²) in [6.45, 7) is 0. The van der Waals surface area contributed by atoms with E-state index >= 15 is 0 Å². The van der Waals surface area contributed by atoms with Crippen LogP contribution in [0.3, 0.4) is 0 Å². The molecule has 0 amide bonds. The molecule has 188 valence electrons. The number of fused-ring (bicyclic) bond motifs is 6. The lowest BCUT2D eigenvalue weighted by Crippen LogP contribution is -2.11. The van der Waals surface area contributed by atoms with Gasteiger partial charge in [0.2, 0.25) is 0 Å². The van der Waals surface area contributed by atoms with Gasteiger partial charge in [0.1, 0.15) is 0 Å². The predicted octanol–water partition coefficient (Wildman–Crippen LogP) is 11.5. The lowest BCUT2D eigenvalue weighted by molar-refractivity contribution is 1.29. The van der Waals surface area contributed by atoms with Crippen LogP contribution in [-0.4, -0.2) is 0 Å². The van der Waals surface area contributed by atoms with Crippen molar-refractivity contribution in [3.05, 3.63) is 152 Å². The second kappa shape index (κ2) is 9.37. The third-order valence-electron chi connectivity index (χ3n) is 7.82. The smallest absolute Gasteiger partial charge is 0.0540 e. The molecule has 40 heavy (non-hydrogen) atoms. The fraction of sp³-hybridized carbons (Fsp3) is 0. The molecule has 7 aromatic carbocycles. The Morgan fingerprint density at radius 2 is 1.07 bits per heavy atom. The highest BCUT2D eigenvalue weighted by Gasteiger charge is 2.19. The Labute approximate surface area is 237 Å². The van der Waals surface area contributed by atoms with Crippen LogP contribution in [0, 0.1) is 0 Å². The highest BCUT2D eigenvalue weighted by atomic mass is 32.1. The zero-order chi connectivity index (χ0) is 26.5. The molecule has 0 saturated heterocycles. The summed E-state index contributed by atoms with van der Waals surface area (Å²) < 4.78 is 2.64. The van der Waals surface area contributed by atoms with Gasteiger partial charge in [-0.3, -0.25) is 0 Å². The van der Waals surface area contributed by atoms with Crippen molar-refractivity contribution in [1.82, 2.24) is 0 Å². The summed E-state index contributed by atoms with van der Waals surface area (Å²) in [5.74, 6) is 0. The number of anilines is 3. The van der Waals surface area contributed by atoms with Crippen LogP contribution in [0.5, 0.6) is 0 Å². The molecule has 8 rings (SSSR count). The van der Waals surface area contributed by atoms with Gasteiger partial charge in [-0.25, -0.2) is 0 Å². The van der Waals surface area contributed by atoms with Gasteiger partial charge in [-0.2, -0.15) is 0 Å². The first-order valence-electron chi connectivity index (χ1n) is 13.6. The van der Waals surface area contributed by atoms with Crippen LogP contribution in [-0.2, 0) is 0 Å². The van der Waals surface area contributed by atoms with Crippen LogP contribution in [0.1, 0.15) is 0 Å². The summed E-state index contributed by atoms with van der Waals surface area (Å²) in [7, 11) is 0. The van der Waals surface area contributed by atoms with Crippen LogP contribution in [0.2, 0.25) is 0 Å². The molecule has 0 spiro atoms. The summed E-state index contributed by atoms with van der Waals surface area (Å²) in [6, 6.07) is 55.0. The summed E-state index contributed by atoms with van der Waals surface area (Å²) in [4.78, 5) is 2.42. The minimum absolute atomic E-state index is 1.14. The van der Waals surface area contributed by atoms with Crippen molar-refractivity contribution in [2.24, 2.45) is 0 Å². The van der Waals surface area contributed by atoms with Crippen molar-refractivity contribution < 1.29 is 0 Å². The van der Waals surface area contributed by atoms with E-state index in [-0.39, 0.29) is 0 Å². The van der Waals surface area contributed by atoms with E-state index < -0.39 is 0 Å². The van der Waals surface area contributed by atoms with Crippen molar-refractivity contribution in [1.29, 1.82) is 0 Å². The minimum atomic E-state index is 1.14. The van der Waals surface area contributed by atoms with Crippen LogP contribution < -0.4 is 4.90 Å². The van der Waals surface area contributed by atoms with Crippen molar-refractivity contribution in [3.63, 3.8) is 0 Å². The number of para-hydroxylation sites is 1. The number of hydrogen-bond acceptors (Lipinski definition) is 2. The quantitative estimate of drug-likeness (QED) is 0.220. The first-order chi connectivity index (χ1) is 19.8. The Morgan fingerprint density at radius 3 is 1.98 bits per heavy atom. The SMILES string of the molecule is c1ccc(-c2ccccc2N(c2ccc3ccccc3c2)c2ccc3sc4ccc5ccccc5c4c3c2)cc1. The monoisotopic (exact) mass is 527 g/mol. The molecule has 0 aliphatic carbocycles. The summed E-state index contributed by atoms with van der Waals surface area (Å²) in [6.07, 6.45) is 0. The molecule has 0 bridgehead atoms. The first kappa shape index (κ1) is 23.0. The van der Waals surface area contributed by atoms with Crippen LogP contribution in [0.15, 0.2) is 152 Å². The standard InChI is InChI=1S/C38H25NS/c1-2-11-27(12-3-1)32-15-8-9-17-35(32)39(30-20-18-26-10-4-5-14-29(26)24-30)31-21-23-36-34(25-31)38-33-16-7-6-13-28(33)19-22-37(38)40-36/h1-25H. The molecule has 0 N–H and O–H groups in total. The average Bonchev–Trinajstić information content (AvgIpc) is 3.40. The van der Waals surface area contributed by atoms with E-state index in [1.807, 2.05) is 11.3 Å². The van der Waals surface area contributed by atoms with Gasteiger partial charge in [0.15, 0.2) is 0 Å². The molecule has 8 aromatic rings. The third kappa shape index (κ3) is 3.77. The number of rotatable bonds is 4. The Kier molecular flexibility index (Phi) is 5.39. The molecule has 0 aliphatic rings. The molecule has 1 nitrogen and oxygen atoms in total. The zero-order valence-electron chi connectivity index (χ0n) is 21.8. The Balaban J connectivity index is 1.42. The van der Waals surface area contributed by atoms with E-state index in [1.165, 1.54) is 52.8 Å². The number of benzene rings is 7. The van der Waals surface area contributed by atoms with Gasteiger partial charge >= 0.3 is 0 Å². The first-order valence-corrected chi connectivity index (χ1v) is 14.4. The lowest BCUT2D eigenvalue weighted by Gasteiger charge is -2.28. The predicted molar refractivity (Wildman–Crippen MR) is 174 cm³/mol. The molecule has 0 aliphatic heterocycles. The maximum atomic E-state index is 2.42. The van der Waals surface area contributed by atoms with Crippen molar-refractivity contribution >= 4 is 70.1 Å². The normalized spacial score (nSPS) is 11.5. The zero-order valence-corrected chi connectivity index (χ0v) is 22.6. The molecule has 0 fully saturated rings. The van der Waals surface area contributed by atoms with E-state index in [4.69, 9.17) is 0 Å². The number of nitrogens with zero attached hydrogens (tertiary/aromatic N) is 1. The maximum Gasteiger partial charge on any atom is 0.0540 e. The lowest BCUT2D eigenvalue weighted by atomic mass is 10.0. The summed E-state index contributed by atoms with van der Waals surface area (Å²) >= 11 is 1.87. The Hall–Kier alpha value is -4.92. The second-order valence-corrected chi connectivity index (χ2v) is 11.3. The molecule has 1 aromatic heterocycles. The molecule has 0 saturated carbocycles. The third-order valence-corrected chi connectivity index (χ3v) is 8.96. The van der Waals surface area contributed by atoms with Crippen molar-refractivity contribution in [2.75, 3.05) is 4.90 Å². The van der Waals surface area contributed by atoms with Gasteiger partial charge in [0.05, 0.1) is 5.69 Å². The van der Waals surface area contributed by atoms with E-state index in [2.05, 4.69) is 157 Å². The van der Waals surface area contributed by atoms with E-state index in [9.17, 15) is 0 Å². The largest absolute Gasteiger partial charge is 0.310 e. The molecule has 0 atom stereocenters. The van der Waals surface area contributed by atoms with Crippen molar-refractivity contribution in [2.45, 2.75) is 0 Å². The summed E-state index contributed by atoms with van der Waals surface area (Å²) in [5, 5.41) is 7.71. The van der Waals surface area contributed by atoms with Gasteiger partial charge in [-0.15, -0.1) is 11.3 Å². The fourth-order valence-electron chi connectivity index (χ4n) is 5.95. The molecule has 0 unspecified atom stereocenters. The van der Waals surface area contributed by atoms with E-state index in [0.717, 1.165) is 17.1 Å². The molecular formula is C38H25NS. The van der Waals surface area contributed by atoms with Gasteiger partial charge in [0.25, 0.3) is 0 Å². The van der Waals surface area contributed by atoms with Gasteiger partial charge in [0, 0.05) is 37.1 Å². The van der Waals surface area contributed by atoms with Crippen molar-refractivity contribution in [3.8, 4) is 11.1 Å².